The number of nitrogens with zero attached hydrogens (tertiary/aromatic N) is 3. The fourth-order valence-corrected chi connectivity index (χ4v) is 5.04. The number of fused-ring (bicyclic) bond motifs is 1. The van der Waals surface area contributed by atoms with E-state index in [2.05, 4.69) is 51.4 Å². The summed E-state index contributed by atoms with van der Waals surface area (Å²) in [6.07, 6.45) is 3.15. The molecule has 1 N–H and O–H groups in total. The van der Waals surface area contributed by atoms with Crippen molar-refractivity contribution in [1.82, 2.24) is 9.97 Å². The van der Waals surface area contributed by atoms with E-state index in [0.29, 0.717) is 0 Å². The number of rotatable bonds is 3. The molecule has 1 aromatic carbocycles. The molecule has 1 fully saturated rings. The minimum absolute atomic E-state index is 0.171. The molecule has 1 unspecified atom stereocenters. The third-order valence-electron chi connectivity index (χ3n) is 5.62. The van der Waals surface area contributed by atoms with Crippen molar-refractivity contribution in [3.8, 4) is 0 Å². The van der Waals surface area contributed by atoms with Crippen molar-refractivity contribution >= 4 is 27.4 Å². The van der Waals surface area contributed by atoms with Gasteiger partial charge in [0, 0.05) is 18.5 Å². The molecule has 3 aromatic rings. The Labute approximate surface area is 152 Å². The zero-order chi connectivity index (χ0) is 17.4. The summed E-state index contributed by atoms with van der Waals surface area (Å²) >= 11 is 1.72. The molecule has 25 heavy (non-hydrogen) atoms. The van der Waals surface area contributed by atoms with Gasteiger partial charge in [0.05, 0.1) is 16.3 Å². The summed E-state index contributed by atoms with van der Waals surface area (Å²) in [7, 11) is 0. The number of piperidine rings is 1. The predicted molar refractivity (Wildman–Crippen MR) is 103 cm³/mol. The first-order chi connectivity index (χ1) is 12.1. The Morgan fingerprint density at radius 2 is 1.88 bits per heavy atom. The Balaban J connectivity index is 1.64. The lowest BCUT2D eigenvalue weighted by Gasteiger charge is -2.44. The van der Waals surface area contributed by atoms with Gasteiger partial charge in [0.2, 0.25) is 0 Å². The minimum Gasteiger partial charge on any atom is -0.392 e. The molecule has 0 amide bonds. The van der Waals surface area contributed by atoms with Gasteiger partial charge in [0.15, 0.2) is 0 Å². The van der Waals surface area contributed by atoms with Crippen molar-refractivity contribution < 1.29 is 5.11 Å². The van der Waals surface area contributed by atoms with Crippen molar-refractivity contribution in [2.24, 2.45) is 0 Å². The molecule has 1 aliphatic heterocycles. The van der Waals surface area contributed by atoms with E-state index in [1.165, 1.54) is 15.8 Å². The lowest BCUT2D eigenvalue weighted by molar-refractivity contribution is 0.0777. The average molecular weight is 353 g/mol. The largest absolute Gasteiger partial charge is 0.392 e. The molecule has 0 spiro atoms. The maximum Gasteiger partial charge on any atom is 0.150 e. The molecule has 2 aromatic heterocycles. The Kier molecular flexibility index (Phi) is 4.21. The Bertz CT molecular complexity index is 867. The second-order valence-electron chi connectivity index (χ2n) is 6.98. The molecule has 1 atom stereocenters. The Hall–Kier alpha value is -1.98. The van der Waals surface area contributed by atoms with Crippen molar-refractivity contribution in [2.45, 2.75) is 38.2 Å². The number of aryl methyl sites for hydroxylation is 1. The molecule has 0 aliphatic carbocycles. The first-order valence-corrected chi connectivity index (χ1v) is 9.67. The highest BCUT2D eigenvalue weighted by Crippen LogP contribution is 2.41. The first kappa shape index (κ1) is 16.5. The molecule has 0 radical (unpaired) electrons. The number of aliphatic hydroxyl groups is 1. The van der Waals surface area contributed by atoms with Crippen LogP contribution < -0.4 is 4.90 Å². The summed E-state index contributed by atoms with van der Waals surface area (Å²) in [5, 5.41) is 12.7. The third kappa shape index (κ3) is 2.71. The zero-order valence-electron chi connectivity index (χ0n) is 14.6. The molecular formula is C20H23N3OS. The molecule has 0 saturated carbocycles. The maximum absolute atomic E-state index is 10.6. The summed E-state index contributed by atoms with van der Waals surface area (Å²) in [6.45, 7) is 5.81. The van der Waals surface area contributed by atoms with E-state index in [1.54, 1.807) is 17.7 Å². The highest BCUT2D eigenvalue weighted by atomic mass is 32.1. The highest BCUT2D eigenvalue weighted by molar-refractivity contribution is 7.18. The first-order valence-electron chi connectivity index (χ1n) is 8.79. The predicted octanol–water partition coefficient (Wildman–Crippen LogP) is 3.92. The van der Waals surface area contributed by atoms with E-state index in [4.69, 9.17) is 0 Å². The zero-order valence-corrected chi connectivity index (χ0v) is 15.5. The summed E-state index contributed by atoms with van der Waals surface area (Å²) in [4.78, 5) is 11.4. The summed E-state index contributed by atoms with van der Waals surface area (Å²) in [5.41, 5.74) is 3.34. The van der Waals surface area contributed by atoms with Gasteiger partial charge >= 0.3 is 0 Å². The van der Waals surface area contributed by atoms with Gasteiger partial charge in [-0.15, -0.1) is 11.3 Å². The number of anilines is 1. The van der Waals surface area contributed by atoms with Crippen LogP contribution in [0.2, 0.25) is 0 Å². The fourth-order valence-electron chi connectivity index (χ4n) is 4.02. The van der Waals surface area contributed by atoms with Crippen molar-refractivity contribution in [3.05, 3.63) is 53.2 Å². The number of thiophene rings is 1. The molecule has 1 saturated heterocycles. The Morgan fingerprint density at radius 1 is 1.16 bits per heavy atom. The van der Waals surface area contributed by atoms with E-state index < -0.39 is 0 Å². The fraction of sp³-hybridized carbons (Fsp3) is 0.400. The topological polar surface area (TPSA) is 49.2 Å². The van der Waals surface area contributed by atoms with Gasteiger partial charge < -0.3 is 10.0 Å². The molecular weight excluding hydrogens is 330 g/mol. The molecule has 130 valence electrons. The third-order valence-corrected chi connectivity index (χ3v) is 6.70. The lowest BCUT2D eigenvalue weighted by atomic mass is 9.69. The van der Waals surface area contributed by atoms with Gasteiger partial charge in [-0.2, -0.15) is 0 Å². The summed E-state index contributed by atoms with van der Waals surface area (Å²) in [6, 6.07) is 10.5. The van der Waals surface area contributed by atoms with Crippen LogP contribution in [-0.4, -0.2) is 34.3 Å². The van der Waals surface area contributed by atoms with E-state index in [-0.39, 0.29) is 11.5 Å². The van der Waals surface area contributed by atoms with E-state index >= 15 is 0 Å². The summed E-state index contributed by atoms with van der Waals surface area (Å²) in [5.74, 6) is 1.04. The van der Waals surface area contributed by atoms with Crippen LogP contribution >= 0.6 is 11.3 Å². The van der Waals surface area contributed by atoms with Crippen LogP contribution in [-0.2, 0) is 5.41 Å². The number of aromatic nitrogens is 2. The normalized spacial score (nSPS) is 18.4. The van der Waals surface area contributed by atoms with Crippen LogP contribution in [0, 0.1) is 6.92 Å². The van der Waals surface area contributed by atoms with Gasteiger partial charge in [-0.3, -0.25) is 0 Å². The minimum atomic E-state index is -0.369. The molecule has 0 bridgehead atoms. The molecule has 4 rings (SSSR count). The van der Waals surface area contributed by atoms with Crippen molar-refractivity contribution in [3.63, 3.8) is 0 Å². The molecule has 4 nitrogen and oxygen atoms in total. The van der Waals surface area contributed by atoms with Crippen LogP contribution in [0.15, 0.2) is 42.0 Å². The number of aliphatic hydroxyl groups excluding tert-OH is 1. The van der Waals surface area contributed by atoms with Crippen LogP contribution in [0.5, 0.6) is 0 Å². The number of hydrogen-bond donors (Lipinski definition) is 1. The lowest BCUT2D eigenvalue weighted by Crippen LogP contribution is -2.48. The monoisotopic (exact) mass is 353 g/mol. The van der Waals surface area contributed by atoms with Crippen LogP contribution in [0.1, 0.15) is 30.9 Å². The van der Waals surface area contributed by atoms with Crippen molar-refractivity contribution in [1.29, 1.82) is 0 Å². The molecule has 3 heterocycles. The quantitative estimate of drug-likeness (QED) is 0.775. The number of benzene rings is 1. The van der Waals surface area contributed by atoms with E-state index in [9.17, 15) is 5.11 Å². The van der Waals surface area contributed by atoms with Gasteiger partial charge in [-0.1, -0.05) is 30.3 Å². The van der Waals surface area contributed by atoms with Gasteiger partial charge in [-0.05, 0) is 43.2 Å². The SMILES string of the molecule is Cc1csc2c(N3CCC(c4ccccc4)(C(C)O)CC3)ncnc12. The molecule has 1 aliphatic rings. The van der Waals surface area contributed by atoms with E-state index in [0.717, 1.165) is 37.3 Å². The molecule has 5 heteroatoms. The van der Waals surface area contributed by atoms with Gasteiger partial charge in [0.25, 0.3) is 0 Å². The smallest absolute Gasteiger partial charge is 0.150 e. The van der Waals surface area contributed by atoms with Gasteiger partial charge in [0.1, 0.15) is 12.1 Å². The average Bonchev–Trinajstić information content (AvgIpc) is 3.04. The van der Waals surface area contributed by atoms with Crippen LogP contribution in [0.4, 0.5) is 5.82 Å². The highest BCUT2D eigenvalue weighted by Gasteiger charge is 2.40. The Morgan fingerprint density at radius 3 is 2.56 bits per heavy atom. The van der Waals surface area contributed by atoms with Crippen LogP contribution in [0.3, 0.4) is 0 Å². The maximum atomic E-state index is 10.6. The van der Waals surface area contributed by atoms with Crippen LogP contribution in [0.25, 0.3) is 10.2 Å². The van der Waals surface area contributed by atoms with Crippen molar-refractivity contribution in [2.75, 3.05) is 18.0 Å². The second-order valence-corrected chi connectivity index (χ2v) is 7.86. The standard InChI is InChI=1S/C20H23N3OS/c1-14-12-25-18-17(14)21-13-22-19(18)23-10-8-20(9-11-23,15(2)24)16-6-4-3-5-7-16/h3-7,12-13,15,24H,8-11H2,1-2H3. The summed E-state index contributed by atoms with van der Waals surface area (Å²) < 4.78 is 1.17. The van der Waals surface area contributed by atoms with Gasteiger partial charge in [-0.25, -0.2) is 9.97 Å². The second kappa shape index (κ2) is 6.39. The number of hydrogen-bond acceptors (Lipinski definition) is 5. The van der Waals surface area contributed by atoms with E-state index in [1.807, 2.05) is 13.0 Å².